The lowest BCUT2D eigenvalue weighted by Crippen LogP contribution is -1.72. The van der Waals surface area contributed by atoms with E-state index in [2.05, 4.69) is 16.1 Å². The highest BCUT2D eigenvalue weighted by molar-refractivity contribution is 7.32. The zero-order valence-corrected chi connectivity index (χ0v) is 6.80. The van der Waals surface area contributed by atoms with Crippen LogP contribution in [0.3, 0.4) is 0 Å². The summed E-state index contributed by atoms with van der Waals surface area (Å²) in [6, 6.07) is 0. The second-order valence-corrected chi connectivity index (χ2v) is 1.97. The van der Waals surface area contributed by atoms with Crippen LogP contribution < -0.4 is 0 Å². The molecule has 10 heavy (non-hydrogen) atoms. The molecule has 0 heterocycles. The smallest absolute Gasteiger partial charge is 0.469 e. The molecule has 0 amide bonds. The van der Waals surface area contributed by atoms with E-state index in [0.717, 1.165) is 0 Å². The average molecular weight is 190 g/mol. The summed E-state index contributed by atoms with van der Waals surface area (Å²) in [7, 11) is -2.35. The molecule has 5 nitrogen and oxygen atoms in total. The summed E-state index contributed by atoms with van der Waals surface area (Å²) >= 11 is 4.19. The Labute approximate surface area is 63.5 Å². The Morgan fingerprint density at radius 2 is 2.10 bits per heavy atom. The van der Waals surface area contributed by atoms with Gasteiger partial charge in [-0.1, -0.05) is 0 Å². The van der Waals surface area contributed by atoms with Crippen molar-refractivity contribution in [3.05, 3.63) is 0 Å². The van der Waals surface area contributed by atoms with E-state index >= 15 is 0 Å². The van der Waals surface area contributed by atoms with Crippen LogP contribution in [0, 0.1) is 0 Å². The zero-order chi connectivity index (χ0) is 8.57. The van der Waals surface area contributed by atoms with Crippen molar-refractivity contribution in [2.24, 2.45) is 0 Å². The molecule has 1 unspecified atom stereocenters. The standard InChI is InChI=1S/C2H5O3P.CHClO2/c1-2-5-6(3)4;2-1(3)4/h2H2,1H3;(H,3,4)/p+1. The van der Waals surface area contributed by atoms with E-state index in [4.69, 9.17) is 14.8 Å². The number of rotatable bonds is 2. The molecule has 0 aliphatic rings. The van der Waals surface area contributed by atoms with Gasteiger partial charge in [-0.25, -0.2) is 4.79 Å². The summed E-state index contributed by atoms with van der Waals surface area (Å²) in [5.74, 6) is 0. The molecule has 7 heteroatoms. The molecule has 60 valence electrons. The first kappa shape index (κ1) is 12.5. The van der Waals surface area contributed by atoms with Crippen LogP contribution in [-0.4, -0.2) is 22.0 Å². The Hall–Kier alpha value is -0.220. The fourth-order valence-corrected chi connectivity index (χ4v) is 0.331. The fraction of sp³-hybridized carbons (Fsp3) is 0.667. The van der Waals surface area contributed by atoms with Crippen molar-refractivity contribution in [3.63, 3.8) is 0 Å². The topological polar surface area (TPSA) is 83.8 Å². The van der Waals surface area contributed by atoms with E-state index in [-0.39, 0.29) is 0 Å². The third-order valence-corrected chi connectivity index (χ3v) is 0.719. The van der Waals surface area contributed by atoms with Gasteiger partial charge in [-0.05, 0) is 6.92 Å². The highest BCUT2D eigenvalue weighted by Gasteiger charge is 2.06. The number of hydrogen-bond donors (Lipinski definition) is 2. The molecule has 0 rings (SSSR count). The molecule has 0 aliphatic heterocycles. The predicted molar refractivity (Wildman–Crippen MR) is 35.3 cm³/mol. The Morgan fingerprint density at radius 3 is 2.10 bits per heavy atom. The number of carbonyl (C=O) groups is 1. The minimum atomic E-state index is -2.35. The molecule has 0 aromatic rings. The molecule has 2 N–H and O–H groups in total. The van der Waals surface area contributed by atoms with Crippen molar-refractivity contribution in [2.75, 3.05) is 6.61 Å². The molecule has 0 aromatic heterocycles. The Kier molecular flexibility index (Phi) is 10.9. The van der Waals surface area contributed by atoms with Gasteiger partial charge < -0.3 is 5.11 Å². The molecule has 0 aliphatic carbocycles. The molecular formula is C3H7ClO5P+. The van der Waals surface area contributed by atoms with Gasteiger partial charge >= 0.3 is 13.7 Å². The number of halogens is 1. The van der Waals surface area contributed by atoms with Crippen LogP contribution in [0.2, 0.25) is 0 Å². The summed E-state index contributed by atoms with van der Waals surface area (Å²) in [4.78, 5) is 16.6. The number of hydrogen-bond acceptors (Lipinski definition) is 3. The van der Waals surface area contributed by atoms with Crippen molar-refractivity contribution in [1.82, 2.24) is 0 Å². The minimum Gasteiger partial charge on any atom is -0.469 e. The summed E-state index contributed by atoms with van der Waals surface area (Å²) in [6.07, 6.45) is 0. The first-order chi connectivity index (χ1) is 4.50. The van der Waals surface area contributed by atoms with Crippen molar-refractivity contribution in [3.8, 4) is 0 Å². The SMILES string of the molecule is CCO[P+](=O)O.O=C(O)Cl. The molecule has 0 fully saturated rings. The second-order valence-electron chi connectivity index (χ2n) is 0.909. The quantitative estimate of drug-likeness (QED) is 0.509. The van der Waals surface area contributed by atoms with Gasteiger partial charge in [0, 0.05) is 16.2 Å². The molecule has 0 saturated heterocycles. The lowest BCUT2D eigenvalue weighted by molar-refractivity contribution is 0.220. The Bertz CT molecular complexity index is 111. The van der Waals surface area contributed by atoms with Gasteiger partial charge in [0.2, 0.25) is 0 Å². The normalized spacial score (nSPS) is 9.30. The highest BCUT2D eigenvalue weighted by Crippen LogP contribution is 2.12. The Balaban J connectivity index is 0. The molecular weight excluding hydrogens is 182 g/mol. The van der Waals surface area contributed by atoms with Crippen LogP contribution in [-0.2, 0) is 9.09 Å². The van der Waals surface area contributed by atoms with Crippen molar-refractivity contribution >= 4 is 25.3 Å². The summed E-state index contributed by atoms with van der Waals surface area (Å²) in [5, 5.41) is 7.18. The van der Waals surface area contributed by atoms with Crippen LogP contribution in [0.1, 0.15) is 6.92 Å². The lowest BCUT2D eigenvalue weighted by Gasteiger charge is -1.68. The molecule has 0 spiro atoms. The molecule has 0 saturated carbocycles. The Morgan fingerprint density at radius 1 is 1.80 bits per heavy atom. The van der Waals surface area contributed by atoms with E-state index in [1.54, 1.807) is 6.92 Å². The summed E-state index contributed by atoms with van der Waals surface area (Å²) < 4.78 is 13.6. The summed E-state index contributed by atoms with van der Waals surface area (Å²) in [5.41, 5.74) is -1.36. The first-order valence-corrected chi connectivity index (χ1v) is 3.69. The maximum absolute atomic E-state index is 9.53. The first-order valence-electron chi connectivity index (χ1n) is 2.18. The second kappa shape index (κ2) is 8.78. The fourth-order valence-electron chi connectivity index (χ4n) is 0.110. The molecule has 0 aromatic carbocycles. The predicted octanol–water partition coefficient (Wildman–Crippen LogP) is 1.58. The summed E-state index contributed by atoms with van der Waals surface area (Å²) in [6.45, 7) is 1.95. The van der Waals surface area contributed by atoms with Gasteiger partial charge in [0.25, 0.3) is 0 Å². The van der Waals surface area contributed by atoms with E-state index in [9.17, 15) is 4.57 Å². The average Bonchev–Trinajstić information content (AvgIpc) is 1.62. The van der Waals surface area contributed by atoms with Crippen LogP contribution in [0.25, 0.3) is 0 Å². The van der Waals surface area contributed by atoms with Crippen LogP contribution >= 0.6 is 19.9 Å². The van der Waals surface area contributed by atoms with E-state index in [0.29, 0.717) is 6.61 Å². The molecule has 1 atom stereocenters. The molecule has 0 bridgehead atoms. The van der Waals surface area contributed by atoms with Gasteiger partial charge in [0.15, 0.2) is 0 Å². The third-order valence-electron chi connectivity index (χ3n) is 0.240. The van der Waals surface area contributed by atoms with Crippen molar-refractivity contribution < 1.29 is 23.9 Å². The number of carboxylic acid groups (broad SMARTS) is 1. The van der Waals surface area contributed by atoms with E-state index in [1.807, 2.05) is 0 Å². The van der Waals surface area contributed by atoms with Crippen LogP contribution in [0.15, 0.2) is 0 Å². The largest absolute Gasteiger partial charge is 0.694 e. The van der Waals surface area contributed by atoms with Crippen molar-refractivity contribution in [1.29, 1.82) is 0 Å². The third kappa shape index (κ3) is 46.3. The van der Waals surface area contributed by atoms with Crippen LogP contribution in [0.4, 0.5) is 4.79 Å². The highest BCUT2D eigenvalue weighted by atomic mass is 35.5. The zero-order valence-electron chi connectivity index (χ0n) is 5.15. The van der Waals surface area contributed by atoms with Gasteiger partial charge in [-0.2, -0.15) is 0 Å². The molecule has 0 radical (unpaired) electrons. The van der Waals surface area contributed by atoms with Gasteiger partial charge in [0.05, 0.1) is 0 Å². The van der Waals surface area contributed by atoms with Gasteiger partial charge in [0.1, 0.15) is 6.61 Å². The maximum Gasteiger partial charge on any atom is 0.694 e. The maximum atomic E-state index is 9.53. The van der Waals surface area contributed by atoms with E-state index in [1.165, 1.54) is 0 Å². The van der Waals surface area contributed by atoms with Crippen LogP contribution in [0.5, 0.6) is 0 Å². The lowest BCUT2D eigenvalue weighted by atomic mass is 10.9. The minimum absolute atomic E-state index is 0.297. The van der Waals surface area contributed by atoms with Gasteiger partial charge in [-0.3, -0.25) is 0 Å². The monoisotopic (exact) mass is 189 g/mol. The van der Waals surface area contributed by atoms with Crippen molar-refractivity contribution in [2.45, 2.75) is 6.92 Å². The van der Waals surface area contributed by atoms with E-state index < -0.39 is 13.7 Å². The van der Waals surface area contributed by atoms with Gasteiger partial charge in [-0.15, -0.1) is 9.42 Å².